The highest BCUT2D eigenvalue weighted by molar-refractivity contribution is 7.84. The van der Waals surface area contributed by atoms with E-state index in [4.69, 9.17) is 47.4 Å². The van der Waals surface area contributed by atoms with Crippen molar-refractivity contribution in [3.05, 3.63) is 53.0 Å². The Kier molecular flexibility index (Phi) is 16.8. The fourth-order valence-electron chi connectivity index (χ4n) is 5.76. The quantitative estimate of drug-likeness (QED) is 0.129. The van der Waals surface area contributed by atoms with Crippen LogP contribution in [0.1, 0.15) is 32.0 Å². The van der Waals surface area contributed by atoms with Crippen LogP contribution in [0.25, 0.3) is 11.0 Å². The number of carbonyl (C=O) groups excluding carboxylic acids is 1. The molecule has 1 aromatic carbocycles. The number of nitrogens with zero attached hydrogens (tertiary/aromatic N) is 3. The first-order valence-electron chi connectivity index (χ1n) is 15.9. The molecule has 258 valence electrons. The van der Waals surface area contributed by atoms with E-state index in [1.807, 2.05) is 25.1 Å². The summed E-state index contributed by atoms with van der Waals surface area (Å²) in [5, 5.41) is 12.0. The molecule has 1 fully saturated rings. The summed E-state index contributed by atoms with van der Waals surface area (Å²) < 4.78 is 34.6. The molecule has 11 nitrogen and oxygen atoms in total. The lowest BCUT2D eigenvalue weighted by Gasteiger charge is -2.34. The number of methoxy groups -OCH3 is 1. The maximum Gasteiger partial charge on any atom is 0.238 e. The molecule has 1 saturated heterocycles. The van der Waals surface area contributed by atoms with Gasteiger partial charge in [0.15, 0.2) is 0 Å². The van der Waals surface area contributed by atoms with Gasteiger partial charge in [-0.25, -0.2) is 4.98 Å². The molecule has 2 N–H and O–H groups in total. The summed E-state index contributed by atoms with van der Waals surface area (Å²) in [6.45, 7) is 12.2. The van der Waals surface area contributed by atoms with Gasteiger partial charge in [0.1, 0.15) is 12.4 Å². The summed E-state index contributed by atoms with van der Waals surface area (Å²) in [7, 11) is 0.651. The first kappa shape index (κ1) is 38.6. The molecule has 2 aromatic rings. The number of hydrogen-bond acceptors (Lipinski definition) is 9. The van der Waals surface area contributed by atoms with Crippen molar-refractivity contribution in [3.63, 3.8) is 0 Å². The van der Waals surface area contributed by atoms with E-state index in [-0.39, 0.29) is 12.5 Å². The average Bonchev–Trinajstić information content (AvgIpc) is 3.52. The largest absolute Gasteiger partial charge is 0.384 e. The van der Waals surface area contributed by atoms with Gasteiger partial charge < -0.3 is 39.1 Å². The second-order valence-electron chi connectivity index (χ2n) is 10.9. The molecule has 2 aliphatic heterocycles. The fourth-order valence-corrected chi connectivity index (χ4v) is 6.94. The predicted molar refractivity (Wildman–Crippen MR) is 187 cm³/mol. The van der Waals surface area contributed by atoms with E-state index in [0.29, 0.717) is 93.5 Å². The van der Waals surface area contributed by atoms with Crippen molar-refractivity contribution in [3.8, 4) is 12.3 Å². The van der Waals surface area contributed by atoms with Crippen LogP contribution >= 0.6 is 11.6 Å². The molecular weight excluding hydrogens is 642 g/mol. The summed E-state index contributed by atoms with van der Waals surface area (Å²) in [6, 6.07) is 5.57. The number of halogens is 1. The Morgan fingerprint density at radius 3 is 2.55 bits per heavy atom. The van der Waals surface area contributed by atoms with Crippen LogP contribution in [-0.4, -0.2) is 109 Å². The number of hydrogen-bond donors (Lipinski definition) is 2. The van der Waals surface area contributed by atoms with Gasteiger partial charge in [0.05, 0.1) is 61.7 Å². The first-order valence-corrected chi connectivity index (χ1v) is 17.8. The summed E-state index contributed by atoms with van der Waals surface area (Å²) in [5.74, 6) is 4.17. The Balaban J connectivity index is 0.000000426. The monoisotopic (exact) mass is 689 g/mol. The lowest BCUT2D eigenvalue weighted by molar-refractivity contribution is -0.137. The number of benzene rings is 1. The summed E-state index contributed by atoms with van der Waals surface area (Å²) in [6.07, 6.45) is 10.0. The van der Waals surface area contributed by atoms with Gasteiger partial charge in [0.2, 0.25) is 5.91 Å². The first-order chi connectivity index (χ1) is 22.9. The summed E-state index contributed by atoms with van der Waals surface area (Å²) in [5.41, 5.74) is 2.45. The second kappa shape index (κ2) is 20.5. The maximum atomic E-state index is 13.8. The molecule has 2 aliphatic rings. The van der Waals surface area contributed by atoms with Crippen LogP contribution in [0, 0.1) is 23.2 Å². The average molecular weight is 690 g/mol. The number of aromatic nitrogens is 2. The van der Waals surface area contributed by atoms with Gasteiger partial charge >= 0.3 is 0 Å². The normalized spacial score (nSPS) is 16.3. The Morgan fingerprint density at radius 1 is 1.17 bits per heavy atom. The lowest BCUT2D eigenvalue weighted by Crippen LogP contribution is -2.44. The predicted octanol–water partition coefficient (Wildman–Crippen LogP) is 3.97. The third-order valence-corrected chi connectivity index (χ3v) is 9.63. The number of terminal acetylenes is 1. The molecule has 0 radical (unpaired) electrons. The lowest BCUT2D eigenvalue weighted by atomic mass is 9.73. The number of ether oxygens (including phenoxy) is 4. The smallest absolute Gasteiger partial charge is 0.238 e. The highest BCUT2D eigenvalue weighted by atomic mass is 35.5. The highest BCUT2D eigenvalue weighted by Gasteiger charge is 2.51. The van der Waals surface area contributed by atoms with E-state index in [2.05, 4.69) is 22.4 Å². The Bertz CT molecular complexity index is 1430. The molecule has 4 rings (SSSR count). The minimum absolute atomic E-state index is 0.00436. The van der Waals surface area contributed by atoms with Crippen LogP contribution in [0.15, 0.2) is 42.1 Å². The second-order valence-corrected chi connectivity index (χ2v) is 13.1. The van der Waals surface area contributed by atoms with Crippen molar-refractivity contribution in [2.24, 2.45) is 5.41 Å². The van der Waals surface area contributed by atoms with Crippen LogP contribution < -0.4 is 5.32 Å². The standard InChI is InChI=1S/C25H32ClN5O3S.C9H16O3/c1-3-19-22(16-27)31(24(32)25(19)7-9-28-10-8-25)17-23-29-20-15-18(26)5-6-21(20)30(23)11-4-13-35(33)14-12-34-2;1-3-5-11-8-9-12-7-6-10-4-2/h3,5-6,15-16,27-28H,1,4,7-14,17H2,2H3;1H,4-9H2,2H3. The van der Waals surface area contributed by atoms with Gasteiger partial charge in [0, 0.05) is 53.8 Å². The van der Waals surface area contributed by atoms with Gasteiger partial charge in [-0.1, -0.05) is 30.2 Å². The van der Waals surface area contributed by atoms with E-state index in [1.54, 1.807) is 18.1 Å². The van der Waals surface area contributed by atoms with E-state index in [9.17, 15) is 9.00 Å². The topological polar surface area (TPSA) is 128 Å². The fraction of sp³-hybridized carbons (Fsp3) is 0.559. The Hall–Kier alpha value is -2.89. The third-order valence-electron chi connectivity index (χ3n) is 8.03. The number of imidazole rings is 1. The molecule has 0 aliphatic carbocycles. The molecule has 1 atom stereocenters. The van der Waals surface area contributed by atoms with E-state index < -0.39 is 16.2 Å². The zero-order chi connectivity index (χ0) is 34.1. The van der Waals surface area contributed by atoms with Crippen molar-refractivity contribution in [1.82, 2.24) is 19.8 Å². The van der Waals surface area contributed by atoms with Crippen LogP contribution in [0.4, 0.5) is 0 Å². The van der Waals surface area contributed by atoms with E-state index in [0.717, 1.165) is 36.3 Å². The number of aryl methyl sites for hydroxylation is 1. The molecule has 0 saturated carbocycles. The minimum Gasteiger partial charge on any atom is -0.384 e. The molecular formula is C34H48ClN5O6S. The van der Waals surface area contributed by atoms with E-state index >= 15 is 0 Å². The molecule has 1 amide bonds. The van der Waals surface area contributed by atoms with Crippen LogP contribution in [-0.2, 0) is 47.6 Å². The molecule has 1 spiro atoms. The van der Waals surface area contributed by atoms with Crippen LogP contribution in [0.3, 0.4) is 0 Å². The van der Waals surface area contributed by atoms with Crippen molar-refractivity contribution in [2.45, 2.75) is 39.3 Å². The van der Waals surface area contributed by atoms with Gasteiger partial charge in [-0.15, -0.1) is 6.42 Å². The maximum absolute atomic E-state index is 13.8. The van der Waals surface area contributed by atoms with Crippen molar-refractivity contribution < 1.29 is 28.0 Å². The van der Waals surface area contributed by atoms with Gasteiger partial charge in [-0.05, 0) is 63.0 Å². The number of allylic oxidation sites excluding steroid dienone is 2. The van der Waals surface area contributed by atoms with Crippen LogP contribution in [0.5, 0.6) is 0 Å². The molecule has 0 bridgehead atoms. The zero-order valence-electron chi connectivity index (χ0n) is 27.6. The molecule has 1 unspecified atom stereocenters. The Morgan fingerprint density at radius 2 is 1.89 bits per heavy atom. The zero-order valence-corrected chi connectivity index (χ0v) is 29.1. The van der Waals surface area contributed by atoms with Gasteiger partial charge in [-0.3, -0.25) is 9.00 Å². The van der Waals surface area contributed by atoms with Crippen LogP contribution in [0.2, 0.25) is 5.02 Å². The number of carbonyl (C=O) groups is 1. The van der Waals surface area contributed by atoms with Crippen molar-refractivity contribution in [2.75, 3.05) is 78.0 Å². The van der Waals surface area contributed by atoms with Crippen molar-refractivity contribution in [1.29, 1.82) is 5.41 Å². The molecule has 47 heavy (non-hydrogen) atoms. The number of nitrogens with one attached hydrogen (secondary N) is 2. The third kappa shape index (κ3) is 10.5. The van der Waals surface area contributed by atoms with Gasteiger partial charge in [-0.2, -0.15) is 0 Å². The van der Waals surface area contributed by atoms with Gasteiger partial charge in [0.25, 0.3) is 0 Å². The Labute approximate surface area is 286 Å². The summed E-state index contributed by atoms with van der Waals surface area (Å²) in [4.78, 5) is 20.3. The van der Waals surface area contributed by atoms with E-state index in [1.165, 1.54) is 6.21 Å². The molecule has 13 heteroatoms. The number of fused-ring (bicyclic) bond motifs is 1. The highest BCUT2D eigenvalue weighted by Crippen LogP contribution is 2.47. The molecule has 3 heterocycles. The SMILES string of the molecule is C#CCOCCOCCOCC.C=CC1=C(C=N)N(Cc2nc3cc(Cl)ccc3n2CCCS(=O)CCOC)C(=O)C12CCNCC2. The number of rotatable bonds is 19. The number of piperidine rings is 1. The number of amides is 1. The molecule has 1 aromatic heterocycles. The van der Waals surface area contributed by atoms with Crippen molar-refractivity contribution >= 4 is 45.6 Å². The summed E-state index contributed by atoms with van der Waals surface area (Å²) >= 11 is 6.23. The minimum atomic E-state index is -0.954.